The molecule has 0 aliphatic heterocycles. The SMILES string of the molecule is Nc1cc2[nH]c3ccccc3c2cc1-c1ccccc1. The molecule has 20 heavy (non-hydrogen) atoms. The largest absolute Gasteiger partial charge is 0.398 e. The Morgan fingerprint density at radius 3 is 2.30 bits per heavy atom. The molecule has 4 rings (SSSR count). The summed E-state index contributed by atoms with van der Waals surface area (Å²) in [7, 11) is 0. The summed E-state index contributed by atoms with van der Waals surface area (Å²) in [4.78, 5) is 3.42. The third-order valence-corrected chi connectivity index (χ3v) is 3.76. The quantitative estimate of drug-likeness (QED) is 0.482. The third-order valence-electron chi connectivity index (χ3n) is 3.76. The first-order chi connectivity index (χ1) is 9.83. The minimum atomic E-state index is 0.801. The van der Waals surface area contributed by atoms with Crippen LogP contribution in [0.25, 0.3) is 32.9 Å². The highest BCUT2D eigenvalue weighted by Gasteiger charge is 2.09. The van der Waals surface area contributed by atoms with Gasteiger partial charge in [-0.1, -0.05) is 48.5 Å². The van der Waals surface area contributed by atoms with Crippen molar-refractivity contribution in [2.24, 2.45) is 0 Å². The smallest absolute Gasteiger partial charge is 0.0485 e. The number of benzene rings is 3. The normalized spacial score (nSPS) is 11.2. The first-order valence-electron chi connectivity index (χ1n) is 6.68. The zero-order chi connectivity index (χ0) is 13.5. The molecule has 3 aromatic carbocycles. The molecule has 0 fully saturated rings. The van der Waals surface area contributed by atoms with E-state index in [1.54, 1.807) is 0 Å². The summed E-state index contributed by atoms with van der Waals surface area (Å²) in [6, 6.07) is 22.8. The molecule has 0 spiro atoms. The zero-order valence-corrected chi connectivity index (χ0v) is 10.9. The van der Waals surface area contributed by atoms with Gasteiger partial charge in [0.15, 0.2) is 0 Å². The van der Waals surface area contributed by atoms with Crippen LogP contribution in [-0.2, 0) is 0 Å². The lowest BCUT2D eigenvalue weighted by atomic mass is 10.0. The number of fused-ring (bicyclic) bond motifs is 3. The monoisotopic (exact) mass is 258 g/mol. The standard InChI is InChI=1S/C18H14N2/c19-16-11-18-15(13-8-4-5-9-17(13)20-18)10-14(16)12-6-2-1-3-7-12/h1-11,20H,19H2. The van der Waals surface area contributed by atoms with Crippen LogP contribution in [0.15, 0.2) is 66.7 Å². The Labute approximate surface area is 116 Å². The summed E-state index contributed by atoms with van der Waals surface area (Å²) in [5, 5.41) is 2.45. The molecule has 0 atom stereocenters. The Bertz CT molecular complexity index is 905. The summed E-state index contributed by atoms with van der Waals surface area (Å²) in [6.45, 7) is 0. The predicted molar refractivity (Wildman–Crippen MR) is 85.7 cm³/mol. The van der Waals surface area contributed by atoms with E-state index in [-0.39, 0.29) is 0 Å². The topological polar surface area (TPSA) is 41.8 Å². The van der Waals surface area contributed by atoms with Crippen molar-refractivity contribution in [1.82, 2.24) is 4.98 Å². The summed E-state index contributed by atoms with van der Waals surface area (Å²) in [5.74, 6) is 0. The van der Waals surface area contributed by atoms with Gasteiger partial charge in [-0.2, -0.15) is 0 Å². The van der Waals surface area contributed by atoms with Crippen LogP contribution in [0, 0.1) is 0 Å². The molecular weight excluding hydrogens is 244 g/mol. The van der Waals surface area contributed by atoms with E-state index >= 15 is 0 Å². The maximum atomic E-state index is 6.22. The number of nitrogen functional groups attached to an aromatic ring is 1. The van der Waals surface area contributed by atoms with Crippen LogP contribution >= 0.6 is 0 Å². The number of anilines is 1. The highest BCUT2D eigenvalue weighted by atomic mass is 14.7. The van der Waals surface area contributed by atoms with E-state index in [1.807, 2.05) is 30.3 Å². The summed E-state index contributed by atoms with van der Waals surface area (Å²) < 4.78 is 0. The zero-order valence-electron chi connectivity index (χ0n) is 10.9. The van der Waals surface area contributed by atoms with E-state index < -0.39 is 0 Å². The van der Waals surface area contributed by atoms with Crippen molar-refractivity contribution in [3.63, 3.8) is 0 Å². The van der Waals surface area contributed by atoms with E-state index in [2.05, 4.69) is 41.4 Å². The van der Waals surface area contributed by atoms with E-state index in [4.69, 9.17) is 5.73 Å². The number of aromatic amines is 1. The van der Waals surface area contributed by atoms with E-state index in [1.165, 1.54) is 10.8 Å². The number of H-pyrrole nitrogens is 1. The van der Waals surface area contributed by atoms with Crippen LogP contribution in [0.2, 0.25) is 0 Å². The average Bonchev–Trinajstić information content (AvgIpc) is 2.84. The van der Waals surface area contributed by atoms with Gasteiger partial charge in [-0.15, -0.1) is 0 Å². The summed E-state index contributed by atoms with van der Waals surface area (Å²) in [5.41, 5.74) is 11.5. The molecule has 0 aliphatic rings. The minimum absolute atomic E-state index is 0.801. The van der Waals surface area contributed by atoms with Gasteiger partial charge < -0.3 is 10.7 Å². The Kier molecular flexibility index (Phi) is 2.30. The van der Waals surface area contributed by atoms with Crippen molar-refractivity contribution >= 4 is 27.5 Å². The molecule has 0 aliphatic carbocycles. The highest BCUT2D eigenvalue weighted by Crippen LogP contribution is 2.34. The number of nitrogens with two attached hydrogens (primary N) is 1. The fourth-order valence-electron chi connectivity index (χ4n) is 2.78. The number of para-hydroxylation sites is 1. The maximum absolute atomic E-state index is 6.22. The summed E-state index contributed by atoms with van der Waals surface area (Å²) in [6.07, 6.45) is 0. The van der Waals surface area contributed by atoms with E-state index in [0.717, 1.165) is 27.8 Å². The van der Waals surface area contributed by atoms with Crippen molar-refractivity contribution in [3.8, 4) is 11.1 Å². The van der Waals surface area contributed by atoms with E-state index in [0.29, 0.717) is 0 Å². The Hall–Kier alpha value is -2.74. The van der Waals surface area contributed by atoms with E-state index in [9.17, 15) is 0 Å². The lowest BCUT2D eigenvalue weighted by molar-refractivity contribution is 1.54. The molecule has 0 amide bonds. The molecule has 1 aromatic heterocycles. The fraction of sp³-hybridized carbons (Fsp3) is 0. The molecule has 0 radical (unpaired) electrons. The van der Waals surface area contributed by atoms with Crippen LogP contribution in [0.4, 0.5) is 5.69 Å². The number of nitrogens with one attached hydrogen (secondary N) is 1. The Morgan fingerprint density at radius 2 is 1.45 bits per heavy atom. The second-order valence-electron chi connectivity index (χ2n) is 5.02. The summed E-state index contributed by atoms with van der Waals surface area (Å²) >= 11 is 0. The Balaban J connectivity index is 2.08. The fourth-order valence-corrected chi connectivity index (χ4v) is 2.78. The van der Waals surface area contributed by atoms with Gasteiger partial charge in [0.05, 0.1) is 0 Å². The lowest BCUT2D eigenvalue weighted by Crippen LogP contribution is -1.89. The molecule has 2 heteroatoms. The molecule has 96 valence electrons. The maximum Gasteiger partial charge on any atom is 0.0485 e. The first-order valence-corrected chi connectivity index (χ1v) is 6.68. The molecule has 2 nitrogen and oxygen atoms in total. The van der Waals surface area contributed by atoms with Gasteiger partial charge in [-0.05, 0) is 23.8 Å². The molecule has 0 bridgehead atoms. The van der Waals surface area contributed by atoms with Gasteiger partial charge >= 0.3 is 0 Å². The van der Waals surface area contributed by atoms with Crippen LogP contribution in [0.1, 0.15) is 0 Å². The molecule has 0 unspecified atom stereocenters. The van der Waals surface area contributed by atoms with Gasteiger partial charge in [-0.3, -0.25) is 0 Å². The van der Waals surface area contributed by atoms with Gasteiger partial charge in [0.25, 0.3) is 0 Å². The number of rotatable bonds is 1. The van der Waals surface area contributed by atoms with Gasteiger partial charge in [-0.25, -0.2) is 0 Å². The van der Waals surface area contributed by atoms with Crippen molar-refractivity contribution in [2.75, 3.05) is 5.73 Å². The molecule has 0 saturated heterocycles. The van der Waals surface area contributed by atoms with Crippen LogP contribution in [-0.4, -0.2) is 4.98 Å². The van der Waals surface area contributed by atoms with Crippen molar-refractivity contribution in [3.05, 3.63) is 66.7 Å². The van der Waals surface area contributed by atoms with Crippen LogP contribution in [0.5, 0.6) is 0 Å². The van der Waals surface area contributed by atoms with Gasteiger partial charge in [0.1, 0.15) is 0 Å². The van der Waals surface area contributed by atoms with Crippen molar-refractivity contribution < 1.29 is 0 Å². The van der Waals surface area contributed by atoms with Crippen LogP contribution in [0.3, 0.4) is 0 Å². The van der Waals surface area contributed by atoms with Crippen molar-refractivity contribution in [2.45, 2.75) is 0 Å². The lowest BCUT2D eigenvalue weighted by Gasteiger charge is -2.06. The predicted octanol–water partition coefficient (Wildman–Crippen LogP) is 4.57. The molecule has 1 heterocycles. The van der Waals surface area contributed by atoms with Crippen molar-refractivity contribution in [1.29, 1.82) is 0 Å². The minimum Gasteiger partial charge on any atom is -0.398 e. The first kappa shape index (κ1) is 11.1. The second-order valence-corrected chi connectivity index (χ2v) is 5.02. The Morgan fingerprint density at radius 1 is 0.700 bits per heavy atom. The third kappa shape index (κ3) is 1.58. The average molecular weight is 258 g/mol. The molecule has 4 aromatic rings. The van der Waals surface area contributed by atoms with Gasteiger partial charge in [0.2, 0.25) is 0 Å². The number of hydrogen-bond acceptors (Lipinski definition) is 1. The number of aromatic nitrogens is 1. The second kappa shape index (κ2) is 4.14. The number of hydrogen-bond donors (Lipinski definition) is 2. The molecule has 3 N–H and O–H groups in total. The molecule has 0 saturated carbocycles. The van der Waals surface area contributed by atoms with Crippen LogP contribution < -0.4 is 5.73 Å². The van der Waals surface area contributed by atoms with Gasteiger partial charge in [0, 0.05) is 33.1 Å². The molecular formula is C18H14N2. The highest BCUT2D eigenvalue weighted by molar-refractivity contribution is 6.10.